The fourth-order valence-electron chi connectivity index (χ4n) is 4.60. The van der Waals surface area contributed by atoms with E-state index >= 15 is 0 Å². The van der Waals surface area contributed by atoms with Crippen LogP contribution < -0.4 is 11.1 Å². The molecule has 2 amide bonds. The van der Waals surface area contributed by atoms with Crippen LogP contribution in [0.3, 0.4) is 0 Å². The molecule has 8 nitrogen and oxygen atoms in total. The van der Waals surface area contributed by atoms with Gasteiger partial charge in [-0.15, -0.1) is 0 Å². The third-order valence-electron chi connectivity index (χ3n) is 6.43. The molecule has 2 aliphatic heterocycles. The van der Waals surface area contributed by atoms with Gasteiger partial charge in [-0.05, 0) is 40.6 Å². The van der Waals surface area contributed by atoms with Crippen molar-refractivity contribution in [2.45, 2.75) is 17.6 Å². The van der Waals surface area contributed by atoms with Crippen molar-refractivity contribution in [2.24, 2.45) is 5.73 Å². The number of fused-ring (bicyclic) bond motifs is 2. The van der Waals surface area contributed by atoms with Gasteiger partial charge in [0.1, 0.15) is 16.9 Å². The number of methoxy groups -OCH3 is 1. The van der Waals surface area contributed by atoms with Gasteiger partial charge in [0.05, 0.1) is 41.7 Å². The minimum atomic E-state index is -0.968. The first-order valence-electron chi connectivity index (χ1n) is 11.6. The van der Waals surface area contributed by atoms with E-state index in [-0.39, 0.29) is 28.4 Å². The minimum Gasteiger partial charge on any atom is -0.469 e. The Balaban J connectivity index is 1.63. The molecule has 3 N–H and O–H groups in total. The van der Waals surface area contributed by atoms with Crippen molar-refractivity contribution < 1.29 is 23.5 Å². The van der Waals surface area contributed by atoms with E-state index in [4.69, 9.17) is 10.5 Å². The van der Waals surface area contributed by atoms with Gasteiger partial charge >= 0.3 is 5.97 Å². The Morgan fingerprint density at radius 3 is 2.53 bits per heavy atom. The topological polar surface area (TPSA) is 126 Å². The van der Waals surface area contributed by atoms with Crippen LogP contribution in [0.5, 0.6) is 0 Å². The second-order valence-corrected chi connectivity index (χ2v) is 9.88. The van der Waals surface area contributed by atoms with Crippen LogP contribution in [0.25, 0.3) is 10.8 Å². The smallest absolute Gasteiger partial charge is 0.307 e. The molecule has 38 heavy (non-hydrogen) atoms. The van der Waals surface area contributed by atoms with Crippen molar-refractivity contribution in [3.05, 3.63) is 100 Å². The highest BCUT2D eigenvalue weighted by Crippen LogP contribution is 2.50. The Labute approximate surface area is 221 Å². The second kappa shape index (κ2) is 10.0. The van der Waals surface area contributed by atoms with Crippen molar-refractivity contribution >= 4 is 46.0 Å². The number of anilines is 1. The Morgan fingerprint density at radius 1 is 1.13 bits per heavy atom. The van der Waals surface area contributed by atoms with Crippen LogP contribution in [0.1, 0.15) is 17.9 Å². The molecule has 0 bridgehead atoms. The molecular weight excluding hydrogens is 507 g/mol. The summed E-state index contributed by atoms with van der Waals surface area (Å²) in [5.74, 6) is -3.28. The number of esters is 1. The van der Waals surface area contributed by atoms with Crippen molar-refractivity contribution in [3.8, 4) is 6.07 Å². The van der Waals surface area contributed by atoms with E-state index in [0.717, 1.165) is 27.4 Å². The van der Waals surface area contributed by atoms with Crippen LogP contribution in [0.15, 0.2) is 88.7 Å². The number of ether oxygens (including phenoxy) is 1. The van der Waals surface area contributed by atoms with Crippen LogP contribution in [-0.2, 0) is 19.1 Å². The van der Waals surface area contributed by atoms with Crippen LogP contribution in [0.2, 0.25) is 0 Å². The maximum atomic E-state index is 13.9. The van der Waals surface area contributed by atoms with Gasteiger partial charge in [0.2, 0.25) is 5.91 Å². The third kappa shape index (κ3) is 4.37. The predicted molar refractivity (Wildman–Crippen MR) is 140 cm³/mol. The van der Waals surface area contributed by atoms with Gasteiger partial charge in [-0.3, -0.25) is 19.3 Å². The maximum absolute atomic E-state index is 13.9. The number of carbonyl (C=O) groups is 3. The summed E-state index contributed by atoms with van der Waals surface area (Å²) >= 11 is 1.01. The van der Waals surface area contributed by atoms with Crippen molar-refractivity contribution in [1.29, 1.82) is 5.26 Å². The zero-order valence-corrected chi connectivity index (χ0v) is 20.9. The lowest BCUT2D eigenvalue weighted by molar-refractivity contribution is -0.142. The highest BCUT2D eigenvalue weighted by molar-refractivity contribution is 8.04. The summed E-state index contributed by atoms with van der Waals surface area (Å²) in [4.78, 5) is 40.3. The van der Waals surface area contributed by atoms with Crippen LogP contribution in [-0.4, -0.2) is 35.0 Å². The summed E-state index contributed by atoms with van der Waals surface area (Å²) in [7, 11) is 1.22. The van der Waals surface area contributed by atoms with Crippen LogP contribution in [0.4, 0.5) is 10.1 Å². The number of nitrogens with one attached hydrogen (secondary N) is 1. The van der Waals surface area contributed by atoms with Gasteiger partial charge in [-0.1, -0.05) is 54.2 Å². The summed E-state index contributed by atoms with van der Waals surface area (Å²) in [6.07, 6.45) is -0.240. The Kier molecular flexibility index (Phi) is 6.61. The molecule has 10 heteroatoms. The normalized spacial score (nSPS) is 18.9. The number of allylic oxidation sites excluding steroid dienone is 1. The first-order valence-corrected chi connectivity index (χ1v) is 12.5. The zero-order valence-electron chi connectivity index (χ0n) is 20.1. The quantitative estimate of drug-likeness (QED) is 0.477. The highest BCUT2D eigenvalue weighted by Gasteiger charge is 2.48. The Morgan fingerprint density at radius 2 is 1.84 bits per heavy atom. The molecule has 0 spiro atoms. The van der Waals surface area contributed by atoms with E-state index in [0.29, 0.717) is 11.3 Å². The number of hydrogen-bond acceptors (Lipinski definition) is 7. The number of nitrogens with zero attached hydrogens (tertiary/aromatic N) is 2. The van der Waals surface area contributed by atoms with E-state index in [9.17, 15) is 24.0 Å². The molecule has 3 aromatic carbocycles. The fraction of sp³-hybridized carbons (Fsp3) is 0.143. The average Bonchev–Trinajstić information content (AvgIpc) is 3.24. The molecule has 0 radical (unpaired) electrons. The number of hydrogen-bond donors (Lipinski definition) is 2. The molecule has 0 saturated carbocycles. The standard InChI is InChI=1S/C28H21FN4O4S/c1-37-22(34)13-21-27(36)33-25(31)20(14-30)23(16-6-9-18(29)10-7-16)24(28(33)38-21)26(35)32-19-11-8-15-4-2-3-5-17(15)12-19/h2-12,21,23H,13,31H2,1H3,(H,32,35)/t21-,23+/m1/s1. The largest absolute Gasteiger partial charge is 0.469 e. The van der Waals surface area contributed by atoms with E-state index in [2.05, 4.69) is 5.32 Å². The van der Waals surface area contributed by atoms with Gasteiger partial charge in [-0.25, -0.2) is 4.39 Å². The van der Waals surface area contributed by atoms with Crippen molar-refractivity contribution in [3.63, 3.8) is 0 Å². The minimum absolute atomic E-state index is 0.0308. The Hall–Kier alpha value is -4.62. The van der Waals surface area contributed by atoms with Crippen LogP contribution in [0, 0.1) is 17.1 Å². The van der Waals surface area contributed by atoms with E-state index in [1.165, 1.54) is 31.4 Å². The summed E-state index contributed by atoms with van der Waals surface area (Å²) in [5.41, 5.74) is 7.34. The summed E-state index contributed by atoms with van der Waals surface area (Å²) in [5, 5.41) is 14.2. The number of carbonyl (C=O) groups excluding carboxylic acids is 3. The molecule has 190 valence electrons. The van der Waals surface area contributed by atoms with Gasteiger partial charge in [0, 0.05) is 5.69 Å². The van der Waals surface area contributed by atoms with E-state index < -0.39 is 34.8 Å². The van der Waals surface area contributed by atoms with Gasteiger partial charge in [0.25, 0.3) is 5.91 Å². The number of amides is 2. The SMILES string of the molecule is COC(=O)C[C@H]1SC2=C(C(=O)Nc3ccc4ccccc4c3)[C@@H](c3ccc(F)cc3)C(C#N)=C(N)N2C1=O. The monoisotopic (exact) mass is 528 g/mol. The first-order chi connectivity index (χ1) is 18.3. The lowest BCUT2D eigenvalue weighted by Crippen LogP contribution is -2.39. The number of nitriles is 1. The number of rotatable bonds is 5. The van der Waals surface area contributed by atoms with Gasteiger partial charge in [-0.2, -0.15) is 5.26 Å². The number of thioether (sulfide) groups is 1. The number of nitrogens with two attached hydrogens (primary N) is 1. The molecule has 5 rings (SSSR count). The number of benzene rings is 3. The van der Waals surface area contributed by atoms with E-state index in [1.807, 2.05) is 42.5 Å². The summed E-state index contributed by atoms with van der Waals surface area (Å²) in [6, 6.07) is 20.5. The molecule has 3 aromatic rings. The predicted octanol–water partition coefficient (Wildman–Crippen LogP) is 4.13. The summed E-state index contributed by atoms with van der Waals surface area (Å²) < 4.78 is 18.5. The molecule has 0 unspecified atom stereocenters. The van der Waals surface area contributed by atoms with Crippen molar-refractivity contribution in [2.75, 3.05) is 12.4 Å². The highest BCUT2D eigenvalue weighted by atomic mass is 32.2. The first kappa shape index (κ1) is 25.0. The summed E-state index contributed by atoms with van der Waals surface area (Å²) in [6.45, 7) is 0. The zero-order chi connectivity index (χ0) is 27.0. The maximum Gasteiger partial charge on any atom is 0.307 e. The molecule has 1 saturated heterocycles. The molecule has 0 aromatic heterocycles. The van der Waals surface area contributed by atoms with Gasteiger partial charge < -0.3 is 15.8 Å². The van der Waals surface area contributed by atoms with Crippen molar-refractivity contribution in [1.82, 2.24) is 4.90 Å². The molecule has 2 aliphatic rings. The molecule has 0 aliphatic carbocycles. The van der Waals surface area contributed by atoms with Gasteiger partial charge in [0.15, 0.2) is 0 Å². The van der Waals surface area contributed by atoms with E-state index in [1.54, 1.807) is 6.07 Å². The third-order valence-corrected chi connectivity index (χ3v) is 7.71. The Bertz CT molecular complexity index is 1590. The number of halogens is 1. The average molecular weight is 529 g/mol. The van der Waals surface area contributed by atoms with Crippen LogP contribution >= 0.6 is 11.8 Å². The lowest BCUT2D eigenvalue weighted by atomic mass is 9.82. The second-order valence-electron chi connectivity index (χ2n) is 8.69. The molecule has 2 heterocycles. The lowest BCUT2D eigenvalue weighted by Gasteiger charge is -2.32. The molecular formula is C28H21FN4O4S. The fourth-order valence-corrected chi connectivity index (χ4v) is 5.92. The molecule has 1 fully saturated rings. The molecule has 2 atom stereocenters.